The van der Waals surface area contributed by atoms with Crippen LogP contribution in [0.3, 0.4) is 0 Å². The molecule has 0 amide bonds. The number of esters is 1. The van der Waals surface area contributed by atoms with Crippen LogP contribution in [-0.4, -0.2) is 22.7 Å². The molecule has 0 aliphatic rings. The van der Waals surface area contributed by atoms with Crippen LogP contribution in [0.4, 0.5) is 4.39 Å². The first-order chi connectivity index (χ1) is 8.21. The number of benzene rings is 1. The number of nitrogens with two attached hydrogens (primary N) is 1. The van der Waals surface area contributed by atoms with Crippen molar-refractivity contribution in [3.8, 4) is 0 Å². The minimum absolute atomic E-state index is 0.356. The molecular formula is C13H18FNO3. The van der Waals surface area contributed by atoms with Crippen LogP contribution in [0.2, 0.25) is 0 Å². The van der Waals surface area contributed by atoms with E-state index in [1.807, 2.05) is 0 Å². The van der Waals surface area contributed by atoms with E-state index in [-0.39, 0.29) is 5.82 Å². The molecule has 2 atom stereocenters. The highest BCUT2D eigenvalue weighted by molar-refractivity contribution is 5.77. The maximum absolute atomic E-state index is 12.7. The van der Waals surface area contributed by atoms with Crippen molar-refractivity contribution in [3.63, 3.8) is 0 Å². The molecule has 0 aromatic heterocycles. The molecule has 100 valence electrons. The summed E-state index contributed by atoms with van der Waals surface area (Å²) in [6.45, 7) is 4.52. The van der Waals surface area contributed by atoms with Crippen molar-refractivity contribution >= 4 is 5.97 Å². The summed E-state index contributed by atoms with van der Waals surface area (Å²) in [7, 11) is 0. The van der Waals surface area contributed by atoms with E-state index < -0.39 is 23.7 Å². The molecule has 5 heteroatoms. The maximum Gasteiger partial charge on any atom is 0.326 e. The van der Waals surface area contributed by atoms with Gasteiger partial charge in [-0.05, 0) is 38.5 Å². The van der Waals surface area contributed by atoms with Crippen LogP contribution >= 0.6 is 0 Å². The minimum atomic E-state index is -1.35. The highest BCUT2D eigenvalue weighted by Gasteiger charge is 2.32. The molecule has 1 aromatic carbocycles. The molecular weight excluding hydrogens is 237 g/mol. The lowest BCUT2D eigenvalue weighted by atomic mass is 10.0. The Balaban J connectivity index is 2.68. The zero-order chi connectivity index (χ0) is 13.9. The van der Waals surface area contributed by atoms with Gasteiger partial charge in [0.05, 0.1) is 5.60 Å². The van der Waals surface area contributed by atoms with Gasteiger partial charge in [0.15, 0.2) is 0 Å². The molecule has 0 spiro atoms. The van der Waals surface area contributed by atoms with E-state index >= 15 is 0 Å². The van der Waals surface area contributed by atoms with Crippen molar-refractivity contribution in [2.45, 2.75) is 38.5 Å². The second kappa shape index (κ2) is 5.46. The van der Waals surface area contributed by atoms with Gasteiger partial charge >= 0.3 is 5.97 Å². The predicted octanol–water partition coefficient (Wildman–Crippen LogP) is 1.53. The normalized spacial score (nSPS) is 15.0. The lowest BCUT2D eigenvalue weighted by molar-refractivity contribution is -0.155. The topological polar surface area (TPSA) is 72.5 Å². The second-order valence-electron chi connectivity index (χ2n) is 4.76. The van der Waals surface area contributed by atoms with Gasteiger partial charge in [-0.2, -0.15) is 0 Å². The largest absolute Gasteiger partial charge is 0.457 e. The molecule has 0 aliphatic heterocycles. The number of ether oxygens (including phenoxy) is 1. The summed E-state index contributed by atoms with van der Waals surface area (Å²) in [5.74, 6) is -1.05. The molecule has 1 rings (SSSR count). The third-order valence-electron chi connectivity index (χ3n) is 2.65. The fourth-order valence-electron chi connectivity index (χ4n) is 1.34. The number of hydrogen-bond donors (Lipinski definition) is 2. The third-order valence-corrected chi connectivity index (χ3v) is 2.65. The summed E-state index contributed by atoms with van der Waals surface area (Å²) in [6.07, 6.45) is -0.550. The molecule has 0 fully saturated rings. The van der Waals surface area contributed by atoms with E-state index in [0.29, 0.717) is 5.56 Å². The van der Waals surface area contributed by atoms with Crippen LogP contribution in [0, 0.1) is 5.82 Å². The van der Waals surface area contributed by atoms with E-state index in [2.05, 4.69) is 0 Å². The van der Waals surface area contributed by atoms with Crippen LogP contribution in [0.15, 0.2) is 24.3 Å². The second-order valence-corrected chi connectivity index (χ2v) is 4.76. The van der Waals surface area contributed by atoms with Crippen molar-refractivity contribution in [3.05, 3.63) is 35.6 Å². The Morgan fingerprint density at radius 2 is 1.89 bits per heavy atom. The maximum atomic E-state index is 12.7. The van der Waals surface area contributed by atoms with Crippen molar-refractivity contribution in [1.29, 1.82) is 0 Å². The van der Waals surface area contributed by atoms with Crippen molar-refractivity contribution in [2.75, 3.05) is 0 Å². The Labute approximate surface area is 106 Å². The first-order valence-corrected chi connectivity index (χ1v) is 5.65. The highest BCUT2D eigenvalue weighted by atomic mass is 19.1. The van der Waals surface area contributed by atoms with Crippen molar-refractivity contribution in [2.24, 2.45) is 5.73 Å². The first-order valence-electron chi connectivity index (χ1n) is 5.65. The van der Waals surface area contributed by atoms with Crippen LogP contribution in [0.1, 0.15) is 32.4 Å². The van der Waals surface area contributed by atoms with Gasteiger partial charge < -0.3 is 15.6 Å². The summed E-state index contributed by atoms with van der Waals surface area (Å²) in [5, 5.41) is 9.60. The van der Waals surface area contributed by atoms with Gasteiger partial charge in [-0.15, -0.1) is 0 Å². The Morgan fingerprint density at radius 1 is 1.39 bits per heavy atom. The fraction of sp³-hybridized carbons (Fsp3) is 0.462. The molecule has 18 heavy (non-hydrogen) atoms. The standard InChI is InChI=1S/C13H18FNO3/c1-8(9-4-6-10(14)7-5-9)18-12(16)11(15)13(2,3)17/h4-8,11,17H,15H2,1-3H3. The lowest BCUT2D eigenvalue weighted by Gasteiger charge is -2.25. The van der Waals surface area contributed by atoms with Gasteiger partial charge in [-0.25, -0.2) is 4.39 Å². The first kappa shape index (κ1) is 14.6. The molecule has 0 bridgehead atoms. The number of carbonyl (C=O) groups is 1. The zero-order valence-corrected chi connectivity index (χ0v) is 10.7. The molecule has 0 saturated carbocycles. The highest BCUT2D eigenvalue weighted by Crippen LogP contribution is 2.19. The number of halogens is 1. The van der Waals surface area contributed by atoms with Gasteiger partial charge in [-0.3, -0.25) is 4.79 Å². The van der Waals surface area contributed by atoms with Gasteiger partial charge in [0, 0.05) is 0 Å². The van der Waals surface area contributed by atoms with Gasteiger partial charge in [0.1, 0.15) is 18.0 Å². The molecule has 2 unspecified atom stereocenters. The average Bonchev–Trinajstić information content (AvgIpc) is 2.27. The SMILES string of the molecule is CC(OC(=O)C(N)C(C)(C)O)c1ccc(F)cc1. The monoisotopic (exact) mass is 255 g/mol. The van der Waals surface area contributed by atoms with Crippen molar-refractivity contribution in [1.82, 2.24) is 0 Å². The molecule has 0 aliphatic carbocycles. The summed E-state index contributed by atoms with van der Waals surface area (Å²) >= 11 is 0. The minimum Gasteiger partial charge on any atom is -0.457 e. The summed E-state index contributed by atoms with van der Waals surface area (Å²) in [6, 6.07) is 4.51. The number of carbonyl (C=O) groups excluding carboxylic acids is 1. The Kier molecular flexibility index (Phi) is 4.43. The van der Waals surface area contributed by atoms with Gasteiger partial charge in [-0.1, -0.05) is 12.1 Å². The molecule has 0 radical (unpaired) electrons. The zero-order valence-electron chi connectivity index (χ0n) is 10.7. The third kappa shape index (κ3) is 3.78. The average molecular weight is 255 g/mol. The van der Waals surface area contributed by atoms with Crippen LogP contribution in [0.5, 0.6) is 0 Å². The summed E-state index contributed by atoms with van der Waals surface area (Å²) in [4.78, 5) is 11.7. The molecule has 1 aromatic rings. The molecule has 0 saturated heterocycles. The Morgan fingerprint density at radius 3 is 2.33 bits per heavy atom. The van der Waals surface area contributed by atoms with E-state index in [9.17, 15) is 14.3 Å². The Hall–Kier alpha value is -1.46. The van der Waals surface area contributed by atoms with E-state index in [1.165, 1.54) is 38.1 Å². The number of hydrogen-bond acceptors (Lipinski definition) is 4. The predicted molar refractivity (Wildman–Crippen MR) is 65.2 cm³/mol. The number of rotatable bonds is 4. The molecule has 4 nitrogen and oxygen atoms in total. The smallest absolute Gasteiger partial charge is 0.326 e. The summed E-state index contributed by atoms with van der Waals surface area (Å²) < 4.78 is 17.9. The quantitative estimate of drug-likeness (QED) is 0.800. The van der Waals surface area contributed by atoms with Crippen LogP contribution in [0.25, 0.3) is 0 Å². The lowest BCUT2D eigenvalue weighted by Crippen LogP contribution is -2.49. The number of aliphatic hydroxyl groups is 1. The Bertz CT molecular complexity index is 411. The molecule has 0 heterocycles. The van der Waals surface area contributed by atoms with Crippen LogP contribution in [-0.2, 0) is 9.53 Å². The van der Waals surface area contributed by atoms with Crippen LogP contribution < -0.4 is 5.73 Å². The van der Waals surface area contributed by atoms with Gasteiger partial charge in [0.2, 0.25) is 0 Å². The molecule has 3 N–H and O–H groups in total. The van der Waals surface area contributed by atoms with Crippen molar-refractivity contribution < 1.29 is 19.0 Å². The summed E-state index contributed by atoms with van der Waals surface area (Å²) in [5.41, 5.74) is 4.87. The fourth-order valence-corrected chi connectivity index (χ4v) is 1.34. The van der Waals surface area contributed by atoms with E-state index in [1.54, 1.807) is 6.92 Å². The van der Waals surface area contributed by atoms with E-state index in [0.717, 1.165) is 0 Å². The van der Waals surface area contributed by atoms with E-state index in [4.69, 9.17) is 10.5 Å². The van der Waals surface area contributed by atoms with Gasteiger partial charge in [0.25, 0.3) is 0 Å².